The van der Waals surface area contributed by atoms with Gasteiger partial charge in [-0.05, 0) is 71.5 Å². The van der Waals surface area contributed by atoms with Gasteiger partial charge in [-0.2, -0.15) is 0 Å². The SMILES string of the molecule is N=C(N)c1ccc(CNC(=O)[C@H]2CC(=O)[C@H](CS(=O)(=O)Cc3ccccc3)Cc3ccc(cc3)OCC=CCOc3ccc(cc3)C2)cc1. The quantitative estimate of drug-likeness (QED) is 0.132. The number of ether oxygens (including phenoxy) is 2. The van der Waals surface area contributed by atoms with Crippen molar-refractivity contribution in [2.75, 3.05) is 19.0 Å². The molecule has 4 aliphatic rings. The number of amidine groups is 1. The molecular formula is C39H41N3O6S. The Morgan fingerprint density at radius 3 is 1.90 bits per heavy atom. The van der Waals surface area contributed by atoms with E-state index >= 15 is 0 Å². The predicted octanol–water partition coefficient (Wildman–Crippen LogP) is 5.21. The first-order chi connectivity index (χ1) is 23.6. The molecule has 4 heterocycles. The van der Waals surface area contributed by atoms with Crippen LogP contribution in [0.2, 0.25) is 0 Å². The van der Waals surface area contributed by atoms with E-state index < -0.39 is 21.7 Å². The van der Waals surface area contributed by atoms with Gasteiger partial charge in [-0.15, -0.1) is 0 Å². The third-order valence-corrected chi connectivity index (χ3v) is 10.0. The highest BCUT2D eigenvalue weighted by molar-refractivity contribution is 7.90. The van der Waals surface area contributed by atoms with Gasteiger partial charge in [0.05, 0.1) is 11.5 Å². The second-order valence-corrected chi connectivity index (χ2v) is 14.3. The van der Waals surface area contributed by atoms with Gasteiger partial charge in [0.25, 0.3) is 0 Å². The Morgan fingerprint density at radius 1 is 0.755 bits per heavy atom. The van der Waals surface area contributed by atoms with Crippen molar-refractivity contribution < 1.29 is 27.5 Å². The maximum Gasteiger partial charge on any atom is 0.224 e. The fraction of sp³-hybridized carbons (Fsp3) is 0.256. The van der Waals surface area contributed by atoms with Crippen LogP contribution in [-0.4, -0.2) is 44.9 Å². The smallest absolute Gasteiger partial charge is 0.224 e. The average Bonchev–Trinajstić information content (AvgIpc) is 3.09. The second kappa shape index (κ2) is 16.7. The largest absolute Gasteiger partial charge is 0.490 e. The van der Waals surface area contributed by atoms with Gasteiger partial charge in [0.2, 0.25) is 5.91 Å². The number of amides is 1. The molecule has 1 amide bonds. The molecule has 0 saturated heterocycles. The van der Waals surface area contributed by atoms with Crippen LogP contribution in [0.15, 0.2) is 115 Å². The number of sulfone groups is 1. The number of nitrogen functional groups attached to an aromatic ring is 1. The fourth-order valence-corrected chi connectivity index (χ4v) is 7.43. The molecule has 0 fully saturated rings. The number of nitrogens with two attached hydrogens (primary N) is 1. The van der Waals surface area contributed by atoms with Crippen molar-refractivity contribution in [3.8, 4) is 11.5 Å². The van der Waals surface area contributed by atoms with Crippen molar-refractivity contribution in [2.24, 2.45) is 17.6 Å². The van der Waals surface area contributed by atoms with Crippen LogP contribution in [0.5, 0.6) is 11.5 Å². The summed E-state index contributed by atoms with van der Waals surface area (Å²) in [7, 11) is -3.68. The third kappa shape index (κ3) is 10.9. The number of carbonyl (C=O) groups is 2. The lowest BCUT2D eigenvalue weighted by Crippen LogP contribution is -2.35. The Hall–Kier alpha value is -5.22. The van der Waals surface area contributed by atoms with Gasteiger partial charge >= 0.3 is 0 Å². The highest BCUT2D eigenvalue weighted by Gasteiger charge is 2.30. The summed E-state index contributed by atoms with van der Waals surface area (Å²) in [4.78, 5) is 27.9. The first kappa shape index (κ1) is 35.1. The van der Waals surface area contributed by atoms with Crippen molar-refractivity contribution in [2.45, 2.75) is 31.6 Å². The minimum atomic E-state index is -3.68. The molecule has 0 aromatic heterocycles. The van der Waals surface area contributed by atoms with Gasteiger partial charge < -0.3 is 20.5 Å². The van der Waals surface area contributed by atoms with E-state index in [1.54, 1.807) is 60.7 Å². The van der Waals surface area contributed by atoms with Crippen LogP contribution in [-0.2, 0) is 44.6 Å². The summed E-state index contributed by atoms with van der Waals surface area (Å²) < 4.78 is 38.6. The van der Waals surface area contributed by atoms with Crippen LogP contribution in [0, 0.1) is 17.2 Å². The van der Waals surface area contributed by atoms with Crippen molar-refractivity contribution in [1.82, 2.24) is 5.32 Å². The number of ketones is 1. The van der Waals surface area contributed by atoms with E-state index in [-0.39, 0.29) is 54.8 Å². The molecular weight excluding hydrogens is 639 g/mol. The Labute approximate surface area is 287 Å². The molecule has 4 aliphatic heterocycles. The molecule has 9 nitrogen and oxygen atoms in total. The summed E-state index contributed by atoms with van der Waals surface area (Å²) in [5, 5.41) is 10.6. The maximum absolute atomic E-state index is 14.1. The highest BCUT2D eigenvalue weighted by atomic mass is 32.2. The number of hydrogen-bond acceptors (Lipinski definition) is 7. The third-order valence-electron chi connectivity index (χ3n) is 8.36. The van der Waals surface area contributed by atoms with Gasteiger partial charge in [-0.3, -0.25) is 15.0 Å². The lowest BCUT2D eigenvalue weighted by molar-refractivity contribution is -0.130. The number of carbonyl (C=O) groups excluding carboxylic acids is 2. The summed E-state index contributed by atoms with van der Waals surface area (Å²) in [5.41, 5.74) is 9.25. The van der Waals surface area contributed by atoms with Gasteiger partial charge in [0.15, 0.2) is 9.84 Å². The molecule has 0 unspecified atom stereocenters. The Balaban J connectivity index is 1.41. The zero-order valence-electron chi connectivity index (χ0n) is 27.2. The molecule has 4 aromatic rings. The van der Waals surface area contributed by atoms with E-state index in [2.05, 4.69) is 5.32 Å². The first-order valence-electron chi connectivity index (χ1n) is 16.2. The van der Waals surface area contributed by atoms with E-state index in [1.165, 1.54) is 0 Å². The number of rotatable bonds is 8. The van der Waals surface area contributed by atoms with Crippen LogP contribution in [0.3, 0.4) is 0 Å². The highest BCUT2D eigenvalue weighted by Crippen LogP contribution is 2.24. The van der Waals surface area contributed by atoms with Crippen LogP contribution >= 0.6 is 0 Å². The molecule has 0 radical (unpaired) electrons. The normalized spacial score (nSPS) is 17.1. The lowest BCUT2D eigenvalue weighted by atomic mass is 9.87. The van der Waals surface area contributed by atoms with E-state index in [1.807, 2.05) is 54.6 Å². The van der Waals surface area contributed by atoms with Crippen LogP contribution in [0.25, 0.3) is 0 Å². The minimum Gasteiger partial charge on any atom is -0.490 e. The predicted molar refractivity (Wildman–Crippen MR) is 190 cm³/mol. The van der Waals surface area contributed by atoms with Gasteiger partial charge in [0.1, 0.15) is 36.3 Å². The van der Waals surface area contributed by atoms with Crippen molar-refractivity contribution in [3.05, 3.63) is 143 Å². The fourth-order valence-electron chi connectivity index (χ4n) is 5.70. The van der Waals surface area contributed by atoms with Crippen LogP contribution < -0.4 is 20.5 Å². The number of nitrogens with one attached hydrogen (secondary N) is 2. The van der Waals surface area contributed by atoms with E-state index in [0.717, 1.165) is 16.7 Å². The molecule has 0 saturated carbocycles. The maximum atomic E-state index is 14.1. The van der Waals surface area contributed by atoms with Crippen molar-refractivity contribution in [1.29, 1.82) is 5.41 Å². The summed E-state index contributed by atoms with van der Waals surface area (Å²) in [6.45, 7) is 0.933. The minimum absolute atomic E-state index is 0.0464. The molecule has 4 bridgehead atoms. The van der Waals surface area contributed by atoms with Gasteiger partial charge in [0, 0.05) is 30.4 Å². The Bertz CT molecular complexity index is 1860. The number of Topliss-reactive ketones (excluding diaryl/α,β-unsaturated/α-hetero) is 1. The molecule has 0 spiro atoms. The van der Waals surface area contributed by atoms with E-state index in [0.29, 0.717) is 35.8 Å². The molecule has 2 atom stereocenters. The van der Waals surface area contributed by atoms with Gasteiger partial charge in [-0.1, -0.05) is 78.9 Å². The van der Waals surface area contributed by atoms with Crippen molar-refractivity contribution in [3.63, 3.8) is 0 Å². The lowest BCUT2D eigenvalue weighted by Gasteiger charge is -2.21. The average molecular weight is 680 g/mol. The van der Waals surface area contributed by atoms with E-state index in [9.17, 15) is 18.0 Å². The molecule has 49 heavy (non-hydrogen) atoms. The Kier molecular flexibility index (Phi) is 12.0. The molecule has 10 heteroatoms. The summed E-state index contributed by atoms with van der Waals surface area (Å²) in [6, 6.07) is 30.6. The summed E-state index contributed by atoms with van der Waals surface area (Å²) >= 11 is 0. The molecule has 8 rings (SSSR count). The summed E-state index contributed by atoms with van der Waals surface area (Å²) in [6.07, 6.45) is 4.09. The zero-order valence-corrected chi connectivity index (χ0v) is 28.0. The monoisotopic (exact) mass is 679 g/mol. The van der Waals surface area contributed by atoms with E-state index in [4.69, 9.17) is 20.6 Å². The molecule has 254 valence electrons. The number of hydrogen-bond donors (Lipinski definition) is 3. The first-order valence-corrected chi connectivity index (χ1v) is 18.0. The van der Waals surface area contributed by atoms with Gasteiger partial charge in [-0.25, -0.2) is 8.42 Å². The molecule has 0 aliphatic carbocycles. The Morgan fingerprint density at radius 2 is 1.33 bits per heavy atom. The van der Waals surface area contributed by atoms with Crippen LogP contribution in [0.4, 0.5) is 0 Å². The topological polar surface area (TPSA) is 149 Å². The summed E-state index contributed by atoms with van der Waals surface area (Å²) in [5.74, 6) is -1.48. The van der Waals surface area contributed by atoms with Crippen LogP contribution in [0.1, 0.15) is 34.2 Å². The zero-order chi connectivity index (χ0) is 34.6. The number of benzene rings is 4. The molecule has 4 N–H and O–H groups in total. The second-order valence-electron chi connectivity index (χ2n) is 12.2. The van der Waals surface area contributed by atoms with Crippen molar-refractivity contribution >= 4 is 27.4 Å². The standard InChI is InChI=1S/C39H41N3O6S/c40-38(41)32-14-8-30(9-15-32)25-42-39(44)33-22-28-10-16-35(17-11-28)47-20-4-5-21-48-36-18-12-29(13-19-36)23-34(37(43)24-33)27-49(45,46)26-31-6-2-1-3-7-31/h1-19,33-34H,20-27H2,(H3,40,41)(H,42,44)/t33-,34+/m1/s1. The molecule has 4 aromatic carbocycles.